The standard InChI is InChI=1S/C58H37NOS/c1-2-17-45-39(13-1)14-10-21-46(45)40-31-29-38(30-32-40)42-15-9-16-44(37-42)59(43-35-33-41(34-36-43)47-22-11-24-51-49-19-4-7-26-54(49)60-58(47)51)53-25-6-3-18-48(53)50-23-12-28-56-57(50)52-20-5-8-27-55(52)61-56/h1-37H. The third-order valence-electron chi connectivity index (χ3n) is 12.1. The van der Waals surface area contributed by atoms with Crippen molar-refractivity contribution in [3.8, 4) is 44.5 Å². The van der Waals surface area contributed by atoms with Crippen LogP contribution in [0.1, 0.15) is 0 Å². The molecule has 2 nitrogen and oxygen atoms in total. The van der Waals surface area contributed by atoms with Gasteiger partial charge in [-0.05, 0) is 92.7 Å². The lowest BCUT2D eigenvalue weighted by atomic mass is 9.95. The van der Waals surface area contributed by atoms with Crippen molar-refractivity contribution >= 4 is 81.3 Å². The van der Waals surface area contributed by atoms with Crippen LogP contribution in [0.15, 0.2) is 229 Å². The van der Waals surface area contributed by atoms with Crippen LogP contribution < -0.4 is 4.90 Å². The van der Waals surface area contributed by atoms with E-state index in [1.165, 1.54) is 58.8 Å². The number of anilines is 3. The molecule has 10 aromatic carbocycles. The fraction of sp³-hybridized carbons (Fsp3) is 0. The van der Waals surface area contributed by atoms with E-state index in [0.29, 0.717) is 0 Å². The summed E-state index contributed by atoms with van der Waals surface area (Å²) < 4.78 is 9.06. The van der Waals surface area contributed by atoms with Crippen LogP contribution in [0.2, 0.25) is 0 Å². The summed E-state index contributed by atoms with van der Waals surface area (Å²) in [6, 6.07) is 81.2. The third kappa shape index (κ3) is 6.01. The first kappa shape index (κ1) is 35.2. The summed E-state index contributed by atoms with van der Waals surface area (Å²) in [4.78, 5) is 2.42. The summed E-state index contributed by atoms with van der Waals surface area (Å²) in [7, 11) is 0. The number of para-hydroxylation sites is 3. The van der Waals surface area contributed by atoms with Gasteiger partial charge in [0, 0.05) is 53.4 Å². The molecule has 0 N–H and O–H groups in total. The van der Waals surface area contributed by atoms with Crippen LogP contribution in [0, 0.1) is 0 Å². The molecule has 2 heterocycles. The first-order valence-electron chi connectivity index (χ1n) is 20.7. The summed E-state index contributed by atoms with van der Waals surface area (Å²) in [6.07, 6.45) is 0. The van der Waals surface area contributed by atoms with Crippen LogP contribution in [0.25, 0.3) is 97.4 Å². The number of benzene rings is 10. The maximum atomic E-state index is 6.47. The number of rotatable bonds is 7. The largest absolute Gasteiger partial charge is 0.455 e. The summed E-state index contributed by atoms with van der Waals surface area (Å²) in [5, 5.41) is 7.36. The molecule has 61 heavy (non-hydrogen) atoms. The van der Waals surface area contributed by atoms with E-state index in [0.717, 1.165) is 55.7 Å². The van der Waals surface area contributed by atoms with Gasteiger partial charge >= 0.3 is 0 Å². The van der Waals surface area contributed by atoms with Crippen LogP contribution in [0.5, 0.6) is 0 Å². The van der Waals surface area contributed by atoms with Gasteiger partial charge in [-0.15, -0.1) is 11.3 Å². The Bertz CT molecular complexity index is 3590. The van der Waals surface area contributed by atoms with Gasteiger partial charge in [0.2, 0.25) is 0 Å². The second kappa shape index (κ2) is 14.5. The van der Waals surface area contributed by atoms with Crippen LogP contribution in [0.4, 0.5) is 17.1 Å². The van der Waals surface area contributed by atoms with Gasteiger partial charge in [-0.2, -0.15) is 0 Å². The molecule has 0 saturated carbocycles. The van der Waals surface area contributed by atoms with Gasteiger partial charge in [0.25, 0.3) is 0 Å². The first-order valence-corrected chi connectivity index (χ1v) is 21.6. The molecule has 0 fully saturated rings. The third-order valence-corrected chi connectivity index (χ3v) is 13.2. The highest BCUT2D eigenvalue weighted by atomic mass is 32.1. The molecule has 0 atom stereocenters. The average molecular weight is 796 g/mol. The van der Waals surface area contributed by atoms with Gasteiger partial charge < -0.3 is 9.32 Å². The highest BCUT2D eigenvalue weighted by Gasteiger charge is 2.21. The Balaban J connectivity index is 1.00. The molecule has 0 spiro atoms. The minimum atomic E-state index is 0.904. The van der Waals surface area contributed by atoms with Crippen LogP contribution >= 0.6 is 11.3 Å². The first-order chi connectivity index (χ1) is 30.2. The van der Waals surface area contributed by atoms with Gasteiger partial charge in [-0.3, -0.25) is 0 Å². The molecule has 12 aromatic rings. The lowest BCUT2D eigenvalue weighted by Gasteiger charge is -2.28. The number of thiophene rings is 1. The van der Waals surface area contributed by atoms with Crippen molar-refractivity contribution in [2.45, 2.75) is 0 Å². The fourth-order valence-corrected chi connectivity index (χ4v) is 10.4. The molecule has 0 radical (unpaired) electrons. The van der Waals surface area contributed by atoms with Crippen LogP contribution in [0.3, 0.4) is 0 Å². The lowest BCUT2D eigenvalue weighted by molar-refractivity contribution is 0.670. The molecule has 2 aromatic heterocycles. The normalized spacial score (nSPS) is 11.6. The SMILES string of the molecule is c1cc(-c2ccc(-c3cccc4ccccc34)cc2)cc(N(c2ccc(-c3cccc4c3oc3ccccc34)cc2)c2ccccc2-c2cccc3sc4ccccc4c23)c1. The van der Waals surface area contributed by atoms with E-state index in [1.54, 1.807) is 0 Å². The Labute approximate surface area is 357 Å². The molecule has 0 amide bonds. The molecule has 12 rings (SSSR count). The van der Waals surface area contributed by atoms with Crippen molar-refractivity contribution in [1.29, 1.82) is 0 Å². The molecule has 0 bridgehead atoms. The molecular formula is C58H37NOS. The van der Waals surface area contributed by atoms with Crippen molar-refractivity contribution < 1.29 is 4.42 Å². The molecule has 0 aliphatic heterocycles. The van der Waals surface area contributed by atoms with E-state index in [2.05, 4.69) is 217 Å². The topological polar surface area (TPSA) is 16.4 Å². The van der Waals surface area contributed by atoms with E-state index < -0.39 is 0 Å². The summed E-state index contributed by atoms with van der Waals surface area (Å²) in [6.45, 7) is 0. The van der Waals surface area contributed by atoms with Crippen molar-refractivity contribution in [3.63, 3.8) is 0 Å². The van der Waals surface area contributed by atoms with Crippen molar-refractivity contribution in [2.24, 2.45) is 0 Å². The molecule has 0 aliphatic carbocycles. The second-order valence-electron chi connectivity index (χ2n) is 15.6. The monoisotopic (exact) mass is 795 g/mol. The minimum absolute atomic E-state index is 0.904. The van der Waals surface area contributed by atoms with Gasteiger partial charge in [0.15, 0.2) is 0 Å². The number of hydrogen-bond acceptors (Lipinski definition) is 3. The Morgan fingerprint density at radius 1 is 0.344 bits per heavy atom. The summed E-state index contributed by atoms with van der Waals surface area (Å²) in [5.41, 5.74) is 14.4. The summed E-state index contributed by atoms with van der Waals surface area (Å²) in [5.74, 6) is 0. The Kier molecular flexibility index (Phi) is 8.39. The average Bonchev–Trinajstić information content (AvgIpc) is 3.91. The smallest absolute Gasteiger partial charge is 0.143 e. The zero-order valence-electron chi connectivity index (χ0n) is 33.1. The van der Waals surface area contributed by atoms with Gasteiger partial charge in [-0.25, -0.2) is 0 Å². The Hall–Kier alpha value is -7.72. The van der Waals surface area contributed by atoms with Gasteiger partial charge in [0.05, 0.1) is 5.69 Å². The number of fused-ring (bicyclic) bond motifs is 7. The molecule has 3 heteroatoms. The number of furan rings is 1. The minimum Gasteiger partial charge on any atom is -0.455 e. The molecule has 0 unspecified atom stereocenters. The van der Waals surface area contributed by atoms with E-state index in [9.17, 15) is 0 Å². The molecule has 0 aliphatic rings. The zero-order chi connectivity index (χ0) is 40.3. The van der Waals surface area contributed by atoms with Gasteiger partial charge in [0.1, 0.15) is 11.2 Å². The number of hydrogen-bond donors (Lipinski definition) is 0. The van der Waals surface area contributed by atoms with E-state index in [-0.39, 0.29) is 0 Å². The molecular weight excluding hydrogens is 759 g/mol. The quantitative estimate of drug-likeness (QED) is 0.160. The van der Waals surface area contributed by atoms with E-state index in [1.807, 2.05) is 23.5 Å². The van der Waals surface area contributed by atoms with E-state index >= 15 is 0 Å². The van der Waals surface area contributed by atoms with Crippen molar-refractivity contribution in [2.75, 3.05) is 4.90 Å². The van der Waals surface area contributed by atoms with Crippen molar-refractivity contribution in [3.05, 3.63) is 224 Å². The van der Waals surface area contributed by atoms with Crippen LogP contribution in [-0.4, -0.2) is 0 Å². The Morgan fingerprint density at radius 3 is 1.84 bits per heavy atom. The van der Waals surface area contributed by atoms with Crippen LogP contribution in [-0.2, 0) is 0 Å². The Morgan fingerprint density at radius 2 is 0.934 bits per heavy atom. The highest BCUT2D eigenvalue weighted by molar-refractivity contribution is 7.25. The maximum absolute atomic E-state index is 6.47. The molecule has 0 saturated heterocycles. The van der Waals surface area contributed by atoms with Crippen molar-refractivity contribution in [1.82, 2.24) is 0 Å². The predicted molar refractivity (Wildman–Crippen MR) is 261 cm³/mol. The van der Waals surface area contributed by atoms with Gasteiger partial charge in [-0.1, -0.05) is 176 Å². The number of nitrogens with zero attached hydrogens (tertiary/aromatic N) is 1. The molecule has 286 valence electrons. The maximum Gasteiger partial charge on any atom is 0.143 e. The lowest BCUT2D eigenvalue weighted by Crippen LogP contribution is -2.11. The second-order valence-corrected chi connectivity index (χ2v) is 16.7. The summed E-state index contributed by atoms with van der Waals surface area (Å²) >= 11 is 1.86. The highest BCUT2D eigenvalue weighted by Crippen LogP contribution is 2.47. The van der Waals surface area contributed by atoms with E-state index in [4.69, 9.17) is 4.42 Å². The zero-order valence-corrected chi connectivity index (χ0v) is 33.9. The predicted octanol–water partition coefficient (Wildman–Crippen LogP) is 17.2. The fourth-order valence-electron chi connectivity index (χ4n) is 9.23.